The van der Waals surface area contributed by atoms with Crippen LogP contribution in [0.25, 0.3) is 44.8 Å². The number of anilines is 3. The van der Waals surface area contributed by atoms with Crippen molar-refractivity contribution in [1.29, 1.82) is 0 Å². The highest BCUT2D eigenvalue weighted by molar-refractivity contribution is 5.83. The summed E-state index contributed by atoms with van der Waals surface area (Å²) in [6.07, 6.45) is 3.76. The van der Waals surface area contributed by atoms with Crippen LogP contribution < -0.4 is 4.90 Å². The molecule has 44 heavy (non-hydrogen) atoms. The highest BCUT2D eigenvalue weighted by atomic mass is 15.1. The van der Waals surface area contributed by atoms with E-state index in [1.165, 1.54) is 22.3 Å². The lowest BCUT2D eigenvalue weighted by Gasteiger charge is -2.26. The van der Waals surface area contributed by atoms with Gasteiger partial charge >= 0.3 is 0 Å². The summed E-state index contributed by atoms with van der Waals surface area (Å²) in [5.74, 6) is 0. The van der Waals surface area contributed by atoms with Gasteiger partial charge in [-0.2, -0.15) is 0 Å². The molecular weight excluding hydrogens is 534 g/mol. The van der Waals surface area contributed by atoms with E-state index in [1.807, 2.05) is 30.6 Å². The van der Waals surface area contributed by atoms with Crippen molar-refractivity contribution in [3.63, 3.8) is 0 Å². The van der Waals surface area contributed by atoms with Gasteiger partial charge in [-0.1, -0.05) is 97.1 Å². The molecule has 7 aromatic rings. The smallest absolute Gasteiger partial charge is 0.0708 e. The quantitative estimate of drug-likeness (QED) is 0.192. The fourth-order valence-electron chi connectivity index (χ4n) is 5.58. The molecule has 0 aliphatic carbocycles. The number of benzene rings is 5. The van der Waals surface area contributed by atoms with Crippen LogP contribution in [0.15, 0.2) is 170 Å². The second-order valence-corrected chi connectivity index (χ2v) is 10.9. The minimum Gasteiger partial charge on any atom is -0.310 e. The Hall–Kier alpha value is -5.80. The molecule has 0 N–H and O–H groups in total. The maximum absolute atomic E-state index is 4.76. The Morgan fingerprint density at radius 3 is 1.45 bits per heavy atom. The predicted molar refractivity (Wildman–Crippen MR) is 183 cm³/mol. The number of hydrogen-bond acceptors (Lipinski definition) is 3. The van der Waals surface area contributed by atoms with Gasteiger partial charge in [0.25, 0.3) is 0 Å². The van der Waals surface area contributed by atoms with E-state index in [-0.39, 0.29) is 0 Å². The predicted octanol–water partition coefficient (Wildman–Crippen LogP) is 10.9. The maximum Gasteiger partial charge on any atom is 0.0708 e. The highest BCUT2D eigenvalue weighted by Crippen LogP contribution is 2.39. The molecule has 5 aromatic carbocycles. The molecule has 2 aromatic heterocycles. The standard InChI is InChI=1S/C41H31N3/c1-30-22-24-42-40(26-30)35-14-8-16-38(27-35)44(37-20-18-33(19-21-37)31-10-4-2-5-11-31)39-17-9-15-36(28-39)41-29-34(23-25-43-41)32-12-6-3-7-13-32/h2-29H,1H3. The largest absolute Gasteiger partial charge is 0.310 e. The first kappa shape index (κ1) is 27.1. The number of pyridine rings is 2. The Kier molecular flexibility index (Phi) is 7.51. The van der Waals surface area contributed by atoms with E-state index < -0.39 is 0 Å². The SMILES string of the molecule is Cc1ccnc(-c2cccc(N(c3ccc(-c4ccccc4)cc3)c3cccc(-c4cc(-c5ccccc5)ccn4)c3)c2)c1. The zero-order chi connectivity index (χ0) is 29.7. The normalized spacial score (nSPS) is 10.8. The van der Waals surface area contributed by atoms with E-state index in [0.717, 1.165) is 45.1 Å². The molecule has 7 rings (SSSR count). The van der Waals surface area contributed by atoms with Crippen LogP contribution in [0.2, 0.25) is 0 Å². The van der Waals surface area contributed by atoms with Crippen LogP contribution in [0.4, 0.5) is 17.1 Å². The minimum absolute atomic E-state index is 0.935. The Bertz CT molecular complexity index is 2020. The average molecular weight is 566 g/mol. The molecule has 0 saturated heterocycles. The first-order chi connectivity index (χ1) is 21.7. The molecule has 0 fully saturated rings. The zero-order valence-electron chi connectivity index (χ0n) is 24.5. The van der Waals surface area contributed by atoms with Gasteiger partial charge in [-0.25, -0.2) is 0 Å². The minimum atomic E-state index is 0.935. The van der Waals surface area contributed by atoms with Gasteiger partial charge in [0, 0.05) is 40.6 Å². The van der Waals surface area contributed by atoms with E-state index in [0.29, 0.717) is 0 Å². The first-order valence-electron chi connectivity index (χ1n) is 14.8. The molecule has 0 saturated carbocycles. The van der Waals surface area contributed by atoms with E-state index in [2.05, 4.69) is 156 Å². The van der Waals surface area contributed by atoms with Crippen molar-refractivity contribution < 1.29 is 0 Å². The van der Waals surface area contributed by atoms with Gasteiger partial charge in [-0.3, -0.25) is 9.97 Å². The third-order valence-electron chi connectivity index (χ3n) is 7.82. The van der Waals surface area contributed by atoms with Crippen molar-refractivity contribution in [3.8, 4) is 44.8 Å². The van der Waals surface area contributed by atoms with Crippen molar-refractivity contribution >= 4 is 17.1 Å². The lowest BCUT2D eigenvalue weighted by molar-refractivity contribution is 1.26. The molecule has 3 heteroatoms. The van der Waals surface area contributed by atoms with Crippen LogP contribution in [-0.4, -0.2) is 9.97 Å². The number of hydrogen-bond donors (Lipinski definition) is 0. The summed E-state index contributed by atoms with van der Waals surface area (Å²) < 4.78 is 0. The average Bonchev–Trinajstić information content (AvgIpc) is 3.10. The molecule has 2 heterocycles. The summed E-state index contributed by atoms with van der Waals surface area (Å²) in [7, 11) is 0. The Balaban J connectivity index is 1.33. The summed E-state index contributed by atoms with van der Waals surface area (Å²) in [5, 5.41) is 0. The molecule has 0 unspecified atom stereocenters. The van der Waals surface area contributed by atoms with Crippen molar-refractivity contribution in [3.05, 3.63) is 176 Å². The van der Waals surface area contributed by atoms with E-state index >= 15 is 0 Å². The summed E-state index contributed by atoms with van der Waals surface area (Å²) in [5.41, 5.74) is 13.1. The second-order valence-electron chi connectivity index (χ2n) is 10.9. The molecule has 0 aliphatic rings. The molecule has 210 valence electrons. The van der Waals surface area contributed by atoms with Gasteiger partial charge in [-0.05, 0) is 95.4 Å². The second kappa shape index (κ2) is 12.2. The van der Waals surface area contributed by atoms with E-state index in [4.69, 9.17) is 4.98 Å². The summed E-state index contributed by atoms with van der Waals surface area (Å²) in [6, 6.07) is 55.3. The van der Waals surface area contributed by atoms with Crippen LogP contribution in [0.3, 0.4) is 0 Å². The molecule has 0 amide bonds. The lowest BCUT2D eigenvalue weighted by Crippen LogP contribution is -2.10. The summed E-state index contributed by atoms with van der Waals surface area (Å²) >= 11 is 0. The van der Waals surface area contributed by atoms with Gasteiger partial charge in [0.15, 0.2) is 0 Å². The highest BCUT2D eigenvalue weighted by Gasteiger charge is 2.15. The van der Waals surface area contributed by atoms with Crippen molar-refractivity contribution in [2.24, 2.45) is 0 Å². The van der Waals surface area contributed by atoms with E-state index in [9.17, 15) is 0 Å². The Labute approximate surface area is 258 Å². The summed E-state index contributed by atoms with van der Waals surface area (Å²) in [6.45, 7) is 2.10. The Morgan fingerprint density at radius 2 is 0.864 bits per heavy atom. The first-order valence-corrected chi connectivity index (χ1v) is 14.8. The maximum atomic E-state index is 4.76. The molecule has 0 atom stereocenters. The lowest BCUT2D eigenvalue weighted by atomic mass is 10.0. The number of rotatable bonds is 7. The van der Waals surface area contributed by atoms with Crippen LogP contribution in [0.1, 0.15) is 5.56 Å². The Morgan fingerprint density at radius 1 is 0.364 bits per heavy atom. The van der Waals surface area contributed by atoms with Crippen LogP contribution in [0.5, 0.6) is 0 Å². The van der Waals surface area contributed by atoms with Gasteiger partial charge in [-0.15, -0.1) is 0 Å². The van der Waals surface area contributed by atoms with Crippen LogP contribution in [-0.2, 0) is 0 Å². The third-order valence-corrected chi connectivity index (χ3v) is 7.82. The monoisotopic (exact) mass is 565 g/mol. The fraction of sp³-hybridized carbons (Fsp3) is 0.0244. The molecule has 0 radical (unpaired) electrons. The number of aryl methyl sites for hydroxylation is 1. The summed E-state index contributed by atoms with van der Waals surface area (Å²) in [4.78, 5) is 11.7. The topological polar surface area (TPSA) is 29.0 Å². The third kappa shape index (κ3) is 5.77. The van der Waals surface area contributed by atoms with E-state index in [1.54, 1.807) is 0 Å². The molecular formula is C41H31N3. The molecule has 0 aliphatic heterocycles. The van der Waals surface area contributed by atoms with Crippen molar-refractivity contribution in [1.82, 2.24) is 9.97 Å². The van der Waals surface area contributed by atoms with Crippen LogP contribution >= 0.6 is 0 Å². The van der Waals surface area contributed by atoms with Gasteiger partial charge in [0.1, 0.15) is 0 Å². The number of aromatic nitrogens is 2. The van der Waals surface area contributed by atoms with Gasteiger partial charge < -0.3 is 4.90 Å². The van der Waals surface area contributed by atoms with Gasteiger partial charge in [0.2, 0.25) is 0 Å². The molecule has 3 nitrogen and oxygen atoms in total. The zero-order valence-corrected chi connectivity index (χ0v) is 24.5. The van der Waals surface area contributed by atoms with Gasteiger partial charge in [0.05, 0.1) is 11.4 Å². The van der Waals surface area contributed by atoms with Crippen molar-refractivity contribution in [2.45, 2.75) is 6.92 Å². The van der Waals surface area contributed by atoms with Crippen molar-refractivity contribution in [2.75, 3.05) is 4.90 Å². The fourth-order valence-corrected chi connectivity index (χ4v) is 5.58. The van der Waals surface area contributed by atoms with Crippen LogP contribution in [0, 0.1) is 6.92 Å². The molecule has 0 spiro atoms. The molecule has 0 bridgehead atoms. The number of nitrogens with zero attached hydrogens (tertiary/aromatic N) is 3.